The van der Waals surface area contributed by atoms with Crippen molar-refractivity contribution in [3.63, 3.8) is 0 Å². The van der Waals surface area contributed by atoms with E-state index < -0.39 is 6.10 Å². The molecular formula is C64H106O6. The van der Waals surface area contributed by atoms with Crippen molar-refractivity contribution < 1.29 is 28.6 Å². The number of hydrogen-bond donors (Lipinski definition) is 0. The molecule has 0 rings (SSSR count). The largest absolute Gasteiger partial charge is 0.462 e. The Hall–Kier alpha value is -3.93. The summed E-state index contributed by atoms with van der Waals surface area (Å²) in [7, 11) is 0. The summed E-state index contributed by atoms with van der Waals surface area (Å²) in [5.41, 5.74) is 0. The van der Waals surface area contributed by atoms with Gasteiger partial charge in [-0.05, 0) is 64.2 Å². The molecule has 0 aromatic carbocycles. The Morgan fingerprint density at radius 3 is 1.04 bits per heavy atom. The lowest BCUT2D eigenvalue weighted by Crippen LogP contribution is -2.30. The van der Waals surface area contributed by atoms with Crippen LogP contribution in [0.4, 0.5) is 0 Å². The molecule has 0 aliphatic carbocycles. The first-order valence-electron chi connectivity index (χ1n) is 29.0. The minimum atomic E-state index is -0.801. The molecule has 0 aromatic rings. The summed E-state index contributed by atoms with van der Waals surface area (Å²) in [6.07, 6.45) is 77.9. The standard InChI is InChI=1S/C64H106O6/c1-4-7-10-13-16-19-22-25-28-30-32-34-36-39-42-45-48-51-54-57-63(66)69-60-61(59-68-62(65)56-53-50-47-44-41-38-27-24-21-18-15-12-9-6-3)70-64(67)58-55-52-49-46-43-40-37-35-33-31-29-26-23-20-17-14-11-8-5-2/h7,9-10,12-13,16,18-19,21-22,25,28,30,32,34,36,39,42,61H,4-6,8,11,14-15,17,20,23-24,26-27,29,31,33,35,37-38,40-41,43-60H2,1-3H3/b10-7-,12-9-,16-13-,21-18-,22-19-,28-25-,32-30+,36-34-,42-39-. The van der Waals surface area contributed by atoms with E-state index in [0.29, 0.717) is 19.3 Å². The Balaban J connectivity index is 4.47. The molecule has 70 heavy (non-hydrogen) atoms. The van der Waals surface area contributed by atoms with Gasteiger partial charge in [0.2, 0.25) is 0 Å². The van der Waals surface area contributed by atoms with Crippen LogP contribution in [0.3, 0.4) is 0 Å². The van der Waals surface area contributed by atoms with Gasteiger partial charge in [-0.25, -0.2) is 0 Å². The van der Waals surface area contributed by atoms with Crippen LogP contribution in [0.5, 0.6) is 0 Å². The Bertz CT molecular complexity index is 1440. The van der Waals surface area contributed by atoms with Gasteiger partial charge in [-0.1, -0.05) is 284 Å². The van der Waals surface area contributed by atoms with Gasteiger partial charge in [-0.15, -0.1) is 0 Å². The topological polar surface area (TPSA) is 78.9 Å². The second-order valence-electron chi connectivity index (χ2n) is 19.0. The second kappa shape index (κ2) is 57.6. The van der Waals surface area contributed by atoms with Gasteiger partial charge >= 0.3 is 17.9 Å². The van der Waals surface area contributed by atoms with Crippen LogP contribution < -0.4 is 0 Å². The molecule has 0 aliphatic rings. The van der Waals surface area contributed by atoms with E-state index in [1.165, 1.54) is 128 Å². The van der Waals surface area contributed by atoms with Crippen LogP contribution in [0, 0.1) is 0 Å². The molecule has 6 nitrogen and oxygen atoms in total. The summed E-state index contributed by atoms with van der Waals surface area (Å²) in [5, 5.41) is 0. The molecule has 0 spiro atoms. The van der Waals surface area contributed by atoms with E-state index in [0.717, 1.165) is 89.9 Å². The first-order chi connectivity index (χ1) is 34.5. The summed E-state index contributed by atoms with van der Waals surface area (Å²) in [5.74, 6) is -0.946. The summed E-state index contributed by atoms with van der Waals surface area (Å²) in [4.78, 5) is 38.2. The average molecular weight is 972 g/mol. The molecule has 398 valence electrons. The number of hydrogen-bond acceptors (Lipinski definition) is 6. The monoisotopic (exact) mass is 971 g/mol. The van der Waals surface area contributed by atoms with Gasteiger partial charge in [0.25, 0.3) is 0 Å². The van der Waals surface area contributed by atoms with Crippen LogP contribution in [-0.4, -0.2) is 37.2 Å². The predicted octanol–water partition coefficient (Wildman–Crippen LogP) is 19.5. The zero-order valence-electron chi connectivity index (χ0n) is 45.5. The number of esters is 3. The fourth-order valence-corrected chi connectivity index (χ4v) is 7.94. The molecule has 0 N–H and O–H groups in total. The highest BCUT2D eigenvalue weighted by Gasteiger charge is 2.19. The van der Waals surface area contributed by atoms with Crippen molar-refractivity contribution in [2.45, 2.75) is 264 Å². The number of unbranched alkanes of at least 4 members (excludes halogenated alkanes) is 28. The van der Waals surface area contributed by atoms with Gasteiger partial charge in [0.05, 0.1) is 0 Å². The number of rotatable bonds is 51. The first-order valence-corrected chi connectivity index (χ1v) is 29.0. The molecule has 0 bridgehead atoms. The Morgan fingerprint density at radius 1 is 0.314 bits per heavy atom. The van der Waals surface area contributed by atoms with Crippen molar-refractivity contribution in [1.29, 1.82) is 0 Å². The van der Waals surface area contributed by atoms with E-state index in [4.69, 9.17) is 14.2 Å². The van der Waals surface area contributed by atoms with Gasteiger partial charge in [0.1, 0.15) is 13.2 Å². The summed E-state index contributed by atoms with van der Waals surface area (Å²) < 4.78 is 16.8. The minimum absolute atomic E-state index is 0.0970. The van der Waals surface area contributed by atoms with Crippen LogP contribution >= 0.6 is 0 Å². The van der Waals surface area contributed by atoms with E-state index in [-0.39, 0.29) is 31.1 Å². The van der Waals surface area contributed by atoms with E-state index in [2.05, 4.69) is 57.2 Å². The van der Waals surface area contributed by atoms with Gasteiger partial charge in [0, 0.05) is 19.3 Å². The molecule has 0 aromatic heterocycles. The zero-order valence-corrected chi connectivity index (χ0v) is 45.5. The fourth-order valence-electron chi connectivity index (χ4n) is 7.94. The maximum atomic E-state index is 12.9. The van der Waals surface area contributed by atoms with Crippen molar-refractivity contribution in [2.24, 2.45) is 0 Å². The molecular weight excluding hydrogens is 865 g/mol. The molecule has 6 heteroatoms. The Labute approximate surface area is 431 Å². The van der Waals surface area contributed by atoms with Crippen LogP contribution in [0.15, 0.2) is 109 Å². The van der Waals surface area contributed by atoms with Gasteiger partial charge in [0.15, 0.2) is 6.10 Å². The van der Waals surface area contributed by atoms with Gasteiger partial charge in [-0.2, -0.15) is 0 Å². The molecule has 0 aliphatic heterocycles. The van der Waals surface area contributed by atoms with Crippen LogP contribution in [0.2, 0.25) is 0 Å². The average Bonchev–Trinajstić information content (AvgIpc) is 3.36. The molecule has 0 fully saturated rings. The van der Waals surface area contributed by atoms with Crippen molar-refractivity contribution in [1.82, 2.24) is 0 Å². The Morgan fingerprint density at radius 2 is 0.629 bits per heavy atom. The lowest BCUT2D eigenvalue weighted by atomic mass is 10.0. The van der Waals surface area contributed by atoms with Crippen molar-refractivity contribution >= 4 is 17.9 Å². The Kier molecular flexibility index (Phi) is 54.4. The smallest absolute Gasteiger partial charge is 0.306 e. The van der Waals surface area contributed by atoms with Crippen LogP contribution in [0.1, 0.15) is 258 Å². The molecule has 1 atom stereocenters. The van der Waals surface area contributed by atoms with E-state index in [1.807, 2.05) is 72.9 Å². The normalized spacial score (nSPS) is 12.9. The maximum Gasteiger partial charge on any atom is 0.306 e. The highest BCUT2D eigenvalue weighted by Crippen LogP contribution is 2.16. The summed E-state index contributed by atoms with van der Waals surface area (Å²) in [6.45, 7) is 6.36. The number of ether oxygens (including phenoxy) is 3. The first kappa shape index (κ1) is 66.1. The van der Waals surface area contributed by atoms with Gasteiger partial charge in [-0.3, -0.25) is 14.4 Å². The maximum absolute atomic E-state index is 12.9. The van der Waals surface area contributed by atoms with Crippen LogP contribution in [-0.2, 0) is 28.6 Å². The highest BCUT2D eigenvalue weighted by molar-refractivity contribution is 5.71. The molecule has 0 amide bonds. The SMILES string of the molecule is CC\C=C/C=C\C=C/C=C\C=C\C=C/C=C\CCCCCC(=O)OCC(COC(=O)CCCCCCCCC/C=C\C/C=C\CC)OC(=O)CCCCCCCCCCCCCCCCCCCCC. The summed E-state index contributed by atoms with van der Waals surface area (Å²) >= 11 is 0. The summed E-state index contributed by atoms with van der Waals surface area (Å²) in [6, 6.07) is 0. The third-order valence-corrected chi connectivity index (χ3v) is 12.2. The molecule has 0 radical (unpaired) electrons. The molecule has 1 unspecified atom stereocenters. The molecule has 0 saturated heterocycles. The molecule has 0 saturated carbocycles. The number of carbonyl (C=O) groups is 3. The van der Waals surface area contributed by atoms with Crippen molar-refractivity contribution in [3.8, 4) is 0 Å². The van der Waals surface area contributed by atoms with Gasteiger partial charge < -0.3 is 14.2 Å². The third-order valence-electron chi connectivity index (χ3n) is 12.2. The lowest BCUT2D eigenvalue weighted by Gasteiger charge is -2.18. The number of allylic oxidation sites excluding steroid dienone is 18. The highest BCUT2D eigenvalue weighted by atomic mass is 16.6. The predicted molar refractivity (Wildman–Crippen MR) is 302 cm³/mol. The van der Waals surface area contributed by atoms with Crippen molar-refractivity contribution in [3.05, 3.63) is 109 Å². The van der Waals surface area contributed by atoms with E-state index in [1.54, 1.807) is 0 Å². The van der Waals surface area contributed by atoms with E-state index >= 15 is 0 Å². The second-order valence-corrected chi connectivity index (χ2v) is 19.0. The quantitative estimate of drug-likeness (QED) is 0.0199. The van der Waals surface area contributed by atoms with Crippen molar-refractivity contribution in [2.75, 3.05) is 13.2 Å². The number of carbonyl (C=O) groups excluding carboxylic acids is 3. The lowest BCUT2D eigenvalue weighted by molar-refractivity contribution is -0.167. The minimum Gasteiger partial charge on any atom is -0.462 e. The molecule has 0 heterocycles. The zero-order chi connectivity index (χ0) is 50.7. The van der Waals surface area contributed by atoms with Crippen LogP contribution in [0.25, 0.3) is 0 Å². The fraction of sp³-hybridized carbons (Fsp3) is 0.672. The van der Waals surface area contributed by atoms with E-state index in [9.17, 15) is 14.4 Å². The third kappa shape index (κ3) is 55.0.